The molecule has 2 saturated heterocycles. The van der Waals surface area contributed by atoms with Crippen LogP contribution >= 0.6 is 0 Å². The lowest BCUT2D eigenvalue weighted by molar-refractivity contribution is 0.104. The van der Waals surface area contributed by atoms with Crippen molar-refractivity contribution < 1.29 is 14.3 Å². The molecule has 0 radical (unpaired) electrons. The number of para-hydroxylation sites is 1. The molecule has 2 heterocycles. The Morgan fingerprint density at radius 2 is 2.08 bits per heavy atom. The van der Waals surface area contributed by atoms with Crippen molar-refractivity contribution in [3.8, 4) is 5.75 Å². The van der Waals surface area contributed by atoms with Gasteiger partial charge in [-0.3, -0.25) is 4.90 Å². The Kier molecular flexibility index (Phi) is 5.93. The van der Waals surface area contributed by atoms with Gasteiger partial charge < -0.3 is 19.7 Å². The van der Waals surface area contributed by atoms with Crippen LogP contribution in [-0.4, -0.2) is 68.4 Å². The molecule has 1 aromatic rings. The summed E-state index contributed by atoms with van der Waals surface area (Å²) in [5, 5.41) is 3.00. The third-order valence-electron chi connectivity index (χ3n) is 4.75. The summed E-state index contributed by atoms with van der Waals surface area (Å²) < 4.78 is 11.0. The summed E-state index contributed by atoms with van der Waals surface area (Å²) >= 11 is 0. The van der Waals surface area contributed by atoms with Gasteiger partial charge >= 0.3 is 6.03 Å². The van der Waals surface area contributed by atoms with Crippen LogP contribution in [0.3, 0.4) is 0 Å². The number of benzene rings is 1. The molecule has 0 saturated carbocycles. The van der Waals surface area contributed by atoms with E-state index in [-0.39, 0.29) is 12.1 Å². The average Bonchev–Trinajstić information content (AvgIpc) is 3.14. The van der Waals surface area contributed by atoms with Crippen molar-refractivity contribution in [2.75, 3.05) is 46.4 Å². The van der Waals surface area contributed by atoms with E-state index in [2.05, 4.69) is 16.3 Å². The zero-order chi connectivity index (χ0) is 16.8. The van der Waals surface area contributed by atoms with Gasteiger partial charge in [0.05, 0.1) is 13.2 Å². The van der Waals surface area contributed by atoms with Crippen molar-refractivity contribution in [3.05, 3.63) is 29.8 Å². The Balaban J connectivity index is 1.42. The van der Waals surface area contributed by atoms with Gasteiger partial charge in [-0.05, 0) is 18.9 Å². The number of piperazine rings is 1. The molecule has 0 aromatic heterocycles. The fraction of sp³-hybridized carbons (Fsp3) is 0.611. The highest BCUT2D eigenvalue weighted by Gasteiger charge is 2.23. The first-order chi connectivity index (χ1) is 11.8. The molecular formula is C18H27N3O3. The van der Waals surface area contributed by atoms with Crippen molar-refractivity contribution in [1.82, 2.24) is 15.1 Å². The molecule has 2 fully saturated rings. The molecule has 1 N–H and O–H groups in total. The van der Waals surface area contributed by atoms with Crippen LogP contribution in [0.4, 0.5) is 4.79 Å². The van der Waals surface area contributed by atoms with Crippen molar-refractivity contribution in [1.29, 1.82) is 0 Å². The highest BCUT2D eigenvalue weighted by molar-refractivity contribution is 5.74. The Morgan fingerprint density at radius 3 is 2.79 bits per heavy atom. The molecule has 1 atom stereocenters. The molecule has 2 aliphatic heterocycles. The monoisotopic (exact) mass is 333 g/mol. The van der Waals surface area contributed by atoms with E-state index in [9.17, 15) is 4.79 Å². The molecule has 0 bridgehead atoms. The van der Waals surface area contributed by atoms with Gasteiger partial charge in [-0.15, -0.1) is 0 Å². The smallest absolute Gasteiger partial charge is 0.317 e. The summed E-state index contributed by atoms with van der Waals surface area (Å²) in [5.74, 6) is 0.925. The maximum atomic E-state index is 12.2. The van der Waals surface area contributed by atoms with Crippen LogP contribution in [0.2, 0.25) is 0 Å². The zero-order valence-corrected chi connectivity index (χ0v) is 14.4. The molecule has 1 unspecified atom stereocenters. The van der Waals surface area contributed by atoms with Crippen LogP contribution in [0, 0.1) is 0 Å². The lowest BCUT2D eigenvalue weighted by Crippen LogP contribution is -2.52. The normalized spacial score (nSPS) is 21.7. The number of ether oxygens (including phenoxy) is 2. The number of methoxy groups -OCH3 is 1. The van der Waals surface area contributed by atoms with E-state index in [0.717, 1.165) is 57.9 Å². The maximum absolute atomic E-state index is 12.2. The molecule has 3 rings (SSSR count). The quantitative estimate of drug-likeness (QED) is 0.891. The van der Waals surface area contributed by atoms with E-state index in [4.69, 9.17) is 9.47 Å². The zero-order valence-electron chi connectivity index (χ0n) is 14.4. The molecule has 2 aliphatic rings. The van der Waals surface area contributed by atoms with Gasteiger partial charge in [0, 0.05) is 51.4 Å². The van der Waals surface area contributed by atoms with Gasteiger partial charge in [-0.25, -0.2) is 4.79 Å². The SMILES string of the molecule is COc1ccccc1CN1CCN(C(=O)NCC2CCCO2)CC1. The fourth-order valence-corrected chi connectivity index (χ4v) is 3.30. The van der Waals surface area contributed by atoms with Crippen LogP contribution in [-0.2, 0) is 11.3 Å². The Bertz CT molecular complexity index is 538. The van der Waals surface area contributed by atoms with E-state index in [0.29, 0.717) is 6.54 Å². The summed E-state index contributed by atoms with van der Waals surface area (Å²) in [4.78, 5) is 16.5. The molecule has 6 heteroatoms. The summed E-state index contributed by atoms with van der Waals surface area (Å²) in [5.41, 5.74) is 1.19. The van der Waals surface area contributed by atoms with E-state index in [1.807, 2.05) is 23.1 Å². The van der Waals surface area contributed by atoms with Crippen LogP contribution in [0.15, 0.2) is 24.3 Å². The van der Waals surface area contributed by atoms with Gasteiger partial charge in [0.1, 0.15) is 5.75 Å². The summed E-state index contributed by atoms with van der Waals surface area (Å²) in [6.45, 7) is 5.58. The van der Waals surface area contributed by atoms with Crippen molar-refractivity contribution in [2.45, 2.75) is 25.5 Å². The van der Waals surface area contributed by atoms with E-state index in [1.54, 1.807) is 7.11 Å². The summed E-state index contributed by atoms with van der Waals surface area (Å²) in [6, 6.07) is 8.14. The average molecular weight is 333 g/mol. The molecule has 6 nitrogen and oxygen atoms in total. The number of urea groups is 1. The molecule has 0 aliphatic carbocycles. The minimum Gasteiger partial charge on any atom is -0.496 e. The van der Waals surface area contributed by atoms with Gasteiger partial charge in [-0.2, -0.15) is 0 Å². The number of nitrogens with zero attached hydrogens (tertiary/aromatic N) is 2. The second-order valence-electron chi connectivity index (χ2n) is 6.40. The van der Waals surface area contributed by atoms with Crippen LogP contribution in [0.25, 0.3) is 0 Å². The number of rotatable bonds is 5. The summed E-state index contributed by atoms with van der Waals surface area (Å²) in [6.07, 6.45) is 2.34. The lowest BCUT2D eigenvalue weighted by atomic mass is 10.1. The van der Waals surface area contributed by atoms with Crippen LogP contribution in [0.5, 0.6) is 5.75 Å². The Morgan fingerprint density at radius 1 is 1.29 bits per heavy atom. The topological polar surface area (TPSA) is 54.0 Å². The number of hydrogen-bond acceptors (Lipinski definition) is 4. The van der Waals surface area contributed by atoms with E-state index in [1.165, 1.54) is 5.56 Å². The molecular weight excluding hydrogens is 306 g/mol. The number of carbonyl (C=O) groups is 1. The third kappa shape index (κ3) is 4.39. The first kappa shape index (κ1) is 17.0. The second kappa shape index (κ2) is 8.35. The van der Waals surface area contributed by atoms with E-state index >= 15 is 0 Å². The highest BCUT2D eigenvalue weighted by Crippen LogP contribution is 2.20. The molecule has 132 valence electrons. The largest absolute Gasteiger partial charge is 0.496 e. The molecule has 0 spiro atoms. The Hall–Kier alpha value is -1.79. The highest BCUT2D eigenvalue weighted by atomic mass is 16.5. The molecule has 2 amide bonds. The first-order valence-electron chi connectivity index (χ1n) is 8.75. The molecule has 1 aromatic carbocycles. The number of hydrogen-bond donors (Lipinski definition) is 1. The second-order valence-corrected chi connectivity index (χ2v) is 6.40. The van der Waals surface area contributed by atoms with Gasteiger partial charge in [0.2, 0.25) is 0 Å². The number of amides is 2. The minimum atomic E-state index is 0.0300. The van der Waals surface area contributed by atoms with Crippen molar-refractivity contribution >= 4 is 6.03 Å². The number of carbonyl (C=O) groups excluding carboxylic acids is 1. The maximum Gasteiger partial charge on any atom is 0.317 e. The van der Waals surface area contributed by atoms with Crippen LogP contribution in [0.1, 0.15) is 18.4 Å². The standard InChI is InChI=1S/C18H27N3O3/c1-23-17-7-3-2-5-15(17)14-20-8-10-21(11-9-20)18(22)19-13-16-6-4-12-24-16/h2-3,5,7,16H,4,6,8-14H2,1H3,(H,19,22). The predicted octanol–water partition coefficient (Wildman–Crippen LogP) is 1.70. The first-order valence-corrected chi connectivity index (χ1v) is 8.75. The van der Waals surface area contributed by atoms with Gasteiger partial charge in [-0.1, -0.05) is 18.2 Å². The van der Waals surface area contributed by atoms with Gasteiger partial charge in [0.15, 0.2) is 0 Å². The Labute approximate surface area is 143 Å². The van der Waals surface area contributed by atoms with Crippen molar-refractivity contribution in [3.63, 3.8) is 0 Å². The van der Waals surface area contributed by atoms with Crippen molar-refractivity contribution in [2.24, 2.45) is 0 Å². The minimum absolute atomic E-state index is 0.0300. The predicted molar refractivity (Wildman–Crippen MR) is 92.2 cm³/mol. The van der Waals surface area contributed by atoms with Gasteiger partial charge in [0.25, 0.3) is 0 Å². The lowest BCUT2D eigenvalue weighted by Gasteiger charge is -2.35. The third-order valence-corrected chi connectivity index (χ3v) is 4.75. The molecule has 24 heavy (non-hydrogen) atoms. The van der Waals surface area contributed by atoms with Crippen LogP contribution < -0.4 is 10.1 Å². The summed E-state index contributed by atoms with van der Waals surface area (Å²) in [7, 11) is 1.70. The van der Waals surface area contributed by atoms with E-state index < -0.39 is 0 Å². The fourth-order valence-electron chi connectivity index (χ4n) is 3.30. The number of nitrogens with one attached hydrogen (secondary N) is 1.